The summed E-state index contributed by atoms with van der Waals surface area (Å²) in [6.07, 6.45) is 1.16. The lowest BCUT2D eigenvalue weighted by molar-refractivity contribution is -0.138. The van der Waals surface area contributed by atoms with E-state index in [-0.39, 0.29) is 24.5 Å². The second kappa shape index (κ2) is 10.9. The molecule has 32 heavy (non-hydrogen) atoms. The molecule has 0 fully saturated rings. The minimum atomic E-state index is -2.22. The van der Waals surface area contributed by atoms with Gasteiger partial charge in [0.15, 0.2) is 6.61 Å². The van der Waals surface area contributed by atoms with Crippen LogP contribution in [0.25, 0.3) is 11.1 Å². The van der Waals surface area contributed by atoms with E-state index in [1.807, 2.05) is 0 Å². The van der Waals surface area contributed by atoms with Crippen LogP contribution in [0.4, 0.5) is 4.39 Å². The molecule has 0 saturated heterocycles. The number of fused-ring (bicyclic) bond motifs is 1. The van der Waals surface area contributed by atoms with Crippen LogP contribution in [0.5, 0.6) is 0 Å². The highest BCUT2D eigenvalue weighted by Gasteiger charge is 2.27. The number of carboxylic acids is 1. The molecule has 6 nitrogen and oxygen atoms in total. The maximum absolute atomic E-state index is 13.5. The van der Waals surface area contributed by atoms with Gasteiger partial charge in [-0.05, 0) is 47.4 Å². The van der Waals surface area contributed by atoms with E-state index in [1.165, 1.54) is 17.8 Å². The van der Waals surface area contributed by atoms with Gasteiger partial charge in [0.2, 0.25) is 6.16 Å². The van der Waals surface area contributed by atoms with Crippen molar-refractivity contribution in [1.29, 1.82) is 0 Å². The van der Waals surface area contributed by atoms with Gasteiger partial charge in [0, 0.05) is 23.5 Å². The second-order valence-corrected chi connectivity index (χ2v) is 9.48. The third-order valence-electron chi connectivity index (χ3n) is 5.40. The zero-order valence-electron chi connectivity index (χ0n) is 18.3. The van der Waals surface area contributed by atoms with Crippen molar-refractivity contribution in [2.75, 3.05) is 12.8 Å². The molecule has 0 radical (unpaired) electrons. The molecule has 0 saturated carbocycles. The summed E-state index contributed by atoms with van der Waals surface area (Å²) in [7, 11) is -2.22. The van der Waals surface area contributed by atoms with Gasteiger partial charge < -0.3 is 14.8 Å². The van der Waals surface area contributed by atoms with E-state index >= 15 is 0 Å². The summed E-state index contributed by atoms with van der Waals surface area (Å²) in [5.74, 6) is 4.91. The normalized spacial score (nSPS) is 14.5. The lowest BCUT2D eigenvalue weighted by atomic mass is 9.96. The molecule has 170 valence electrons. The Morgan fingerprint density at radius 1 is 1.28 bits per heavy atom. The van der Waals surface area contributed by atoms with Gasteiger partial charge in [-0.1, -0.05) is 37.8 Å². The zero-order chi connectivity index (χ0) is 23.3. The number of hydrogen-bond donors (Lipinski definition) is 2. The van der Waals surface area contributed by atoms with Gasteiger partial charge in [-0.2, -0.15) is 0 Å². The Bertz CT molecular complexity index is 1050. The number of rotatable bonds is 8. The number of benzene rings is 1. The standard InChI is InChI=1S/C24H27FNO5P/c1-16(2)24-20(6-5-13-31-32(30)15-19(27)14-22(28)29)23(17-8-10-18(25)11-9-17)21-7-3-4-12-26(21)24/h8-11,16,19,27H,3-4,7,12-15H2,1-2H3/p+1/t19-/m0/s1. The van der Waals surface area contributed by atoms with Crippen molar-refractivity contribution in [3.63, 3.8) is 0 Å². The van der Waals surface area contributed by atoms with Crippen molar-refractivity contribution >= 4 is 14.0 Å². The fourth-order valence-corrected chi connectivity index (χ4v) is 4.93. The number of halogens is 1. The molecule has 1 aliphatic heterocycles. The largest absolute Gasteiger partial charge is 0.511 e. The van der Waals surface area contributed by atoms with Crippen molar-refractivity contribution in [2.45, 2.75) is 58.1 Å². The van der Waals surface area contributed by atoms with Gasteiger partial charge in [0.05, 0.1) is 12.0 Å². The summed E-state index contributed by atoms with van der Waals surface area (Å²) < 4.78 is 33.0. The Morgan fingerprint density at radius 2 is 2.00 bits per heavy atom. The maximum Gasteiger partial charge on any atom is 0.511 e. The molecular formula is C24H28FNO5P+. The molecular weight excluding hydrogens is 432 g/mol. The summed E-state index contributed by atoms with van der Waals surface area (Å²) in [5.41, 5.74) is 5.15. The third-order valence-corrected chi connectivity index (χ3v) is 6.54. The second-order valence-electron chi connectivity index (χ2n) is 8.19. The first-order valence-corrected chi connectivity index (χ1v) is 12.1. The van der Waals surface area contributed by atoms with E-state index < -0.39 is 26.5 Å². The molecule has 1 unspecified atom stereocenters. The molecule has 2 N–H and O–H groups in total. The van der Waals surface area contributed by atoms with Crippen LogP contribution in [-0.2, 0) is 26.8 Å². The minimum Gasteiger partial charge on any atom is -0.481 e. The molecule has 0 amide bonds. The maximum atomic E-state index is 13.5. The predicted octanol–water partition coefficient (Wildman–Crippen LogP) is 4.70. The van der Waals surface area contributed by atoms with Gasteiger partial charge in [0.25, 0.3) is 0 Å². The highest BCUT2D eigenvalue weighted by Crippen LogP contribution is 2.38. The highest BCUT2D eigenvalue weighted by molar-refractivity contribution is 7.39. The number of aliphatic carboxylic acids is 1. The summed E-state index contributed by atoms with van der Waals surface area (Å²) in [4.78, 5) is 10.6. The quantitative estimate of drug-likeness (QED) is 0.440. The molecule has 1 aliphatic rings. The summed E-state index contributed by atoms with van der Waals surface area (Å²) >= 11 is 0. The average Bonchev–Trinajstić information content (AvgIpc) is 3.05. The lowest BCUT2D eigenvalue weighted by Gasteiger charge is -2.20. The van der Waals surface area contributed by atoms with E-state index in [0.29, 0.717) is 0 Å². The van der Waals surface area contributed by atoms with Crippen molar-refractivity contribution < 1.29 is 28.5 Å². The van der Waals surface area contributed by atoms with Gasteiger partial charge in [-0.3, -0.25) is 4.79 Å². The Kier molecular flexibility index (Phi) is 8.20. The first-order valence-electron chi connectivity index (χ1n) is 10.8. The predicted molar refractivity (Wildman–Crippen MR) is 120 cm³/mol. The first-order chi connectivity index (χ1) is 15.3. The molecule has 1 aromatic heterocycles. The van der Waals surface area contributed by atoms with Gasteiger partial charge in [0.1, 0.15) is 11.9 Å². The van der Waals surface area contributed by atoms with Gasteiger partial charge >= 0.3 is 14.0 Å². The van der Waals surface area contributed by atoms with Crippen LogP contribution in [-0.4, -0.2) is 39.6 Å². The average molecular weight is 460 g/mol. The molecule has 2 aromatic rings. The van der Waals surface area contributed by atoms with Crippen LogP contribution >= 0.6 is 8.03 Å². The number of carboxylic acid groups (broad SMARTS) is 1. The van der Waals surface area contributed by atoms with Crippen LogP contribution in [0.15, 0.2) is 24.3 Å². The number of aromatic nitrogens is 1. The first kappa shape index (κ1) is 24.1. The van der Waals surface area contributed by atoms with Gasteiger partial charge in [-0.25, -0.2) is 4.39 Å². The molecule has 2 heterocycles. The van der Waals surface area contributed by atoms with E-state index in [1.54, 1.807) is 12.1 Å². The molecule has 2 atom stereocenters. The molecule has 0 spiro atoms. The monoisotopic (exact) mass is 460 g/mol. The smallest absolute Gasteiger partial charge is 0.481 e. The van der Waals surface area contributed by atoms with E-state index in [2.05, 4.69) is 30.3 Å². The summed E-state index contributed by atoms with van der Waals surface area (Å²) in [6.45, 7) is 5.06. The minimum absolute atomic E-state index is 0.101. The van der Waals surface area contributed by atoms with Crippen LogP contribution in [0.1, 0.15) is 56.0 Å². The van der Waals surface area contributed by atoms with Crippen molar-refractivity contribution in [3.8, 4) is 23.0 Å². The van der Waals surface area contributed by atoms with E-state index in [9.17, 15) is 18.9 Å². The Hall–Kier alpha value is -2.52. The Labute approximate surface area is 188 Å². The van der Waals surface area contributed by atoms with E-state index in [0.717, 1.165) is 48.2 Å². The lowest BCUT2D eigenvalue weighted by Crippen LogP contribution is -2.15. The van der Waals surface area contributed by atoms with Crippen LogP contribution in [0, 0.1) is 17.7 Å². The Balaban J connectivity index is 1.88. The fraction of sp³-hybridized carbons (Fsp3) is 0.458. The number of aliphatic hydroxyl groups is 1. The Morgan fingerprint density at radius 3 is 2.66 bits per heavy atom. The van der Waals surface area contributed by atoms with Crippen LogP contribution < -0.4 is 0 Å². The zero-order valence-corrected chi connectivity index (χ0v) is 19.2. The molecule has 0 bridgehead atoms. The molecule has 1 aromatic carbocycles. The number of carbonyl (C=O) groups is 1. The fourth-order valence-electron chi connectivity index (χ4n) is 4.14. The van der Waals surface area contributed by atoms with Crippen molar-refractivity contribution in [3.05, 3.63) is 47.0 Å². The number of nitrogens with zero attached hydrogens (tertiary/aromatic N) is 1. The van der Waals surface area contributed by atoms with Crippen molar-refractivity contribution in [2.24, 2.45) is 0 Å². The van der Waals surface area contributed by atoms with E-state index in [4.69, 9.17) is 9.63 Å². The molecule has 0 aliphatic carbocycles. The summed E-state index contributed by atoms with van der Waals surface area (Å²) in [5, 5.41) is 18.3. The SMILES string of the molecule is CC(C)c1c(C#CCO[P+](=O)C[C@@H](O)CC(=O)O)c(-c2ccc(F)cc2)c2n1CCCC2. The molecule has 8 heteroatoms. The summed E-state index contributed by atoms with van der Waals surface area (Å²) in [6, 6.07) is 6.44. The topological polar surface area (TPSA) is 88.8 Å². The third kappa shape index (κ3) is 5.83. The highest BCUT2D eigenvalue weighted by atomic mass is 31.1. The molecule has 3 rings (SSSR count). The number of hydrogen-bond acceptors (Lipinski definition) is 4. The number of aliphatic hydroxyl groups excluding tert-OH is 1. The van der Waals surface area contributed by atoms with Crippen LogP contribution in [0.2, 0.25) is 0 Å². The van der Waals surface area contributed by atoms with Crippen molar-refractivity contribution in [1.82, 2.24) is 4.57 Å². The van der Waals surface area contributed by atoms with Crippen LogP contribution in [0.3, 0.4) is 0 Å². The van der Waals surface area contributed by atoms with Gasteiger partial charge in [-0.15, -0.1) is 4.52 Å².